The zero-order valence-corrected chi connectivity index (χ0v) is 15.8. The zero-order chi connectivity index (χ0) is 19.1. The molecule has 0 saturated heterocycles. The largest absolute Gasteiger partial charge is 0.493 e. The Balaban J connectivity index is 1.79. The Labute approximate surface area is 164 Å². The van der Waals surface area contributed by atoms with Crippen molar-refractivity contribution < 1.29 is 14.0 Å². The summed E-state index contributed by atoms with van der Waals surface area (Å²) in [6, 6.07) is 25.3. The van der Waals surface area contributed by atoms with Gasteiger partial charge in [-0.3, -0.25) is 0 Å². The lowest BCUT2D eigenvalue weighted by Gasteiger charge is -2.08. The van der Waals surface area contributed by atoms with E-state index in [2.05, 4.69) is 77.5 Å². The summed E-state index contributed by atoms with van der Waals surface area (Å²) in [6.45, 7) is 0. The summed E-state index contributed by atoms with van der Waals surface area (Å²) in [5.41, 5.74) is 5.93. The first-order valence-electron chi connectivity index (χ1n) is 9.27. The van der Waals surface area contributed by atoms with Gasteiger partial charge in [0, 0.05) is 12.1 Å². The van der Waals surface area contributed by atoms with Crippen molar-refractivity contribution in [1.29, 1.82) is 0 Å². The van der Waals surface area contributed by atoms with Crippen LogP contribution in [0.5, 0.6) is 11.5 Å². The summed E-state index contributed by atoms with van der Waals surface area (Å²) in [4.78, 5) is 0. The van der Waals surface area contributed by atoms with Crippen LogP contribution in [0.25, 0.3) is 28.1 Å². The number of nitrogens with zero attached hydrogens (tertiary/aromatic N) is 1. The van der Waals surface area contributed by atoms with Crippen LogP contribution in [0.1, 0.15) is 16.8 Å². The van der Waals surface area contributed by atoms with E-state index in [1.165, 1.54) is 33.3 Å². The second-order valence-corrected chi connectivity index (χ2v) is 6.81. The van der Waals surface area contributed by atoms with Crippen molar-refractivity contribution in [2.45, 2.75) is 0 Å². The van der Waals surface area contributed by atoms with Crippen molar-refractivity contribution in [2.24, 2.45) is 0 Å². The smallest absolute Gasteiger partial charge is 0.227 e. The number of benzene rings is 3. The molecule has 4 aromatic rings. The molecule has 0 saturated carbocycles. The van der Waals surface area contributed by atoms with Crippen LogP contribution in [-0.4, -0.2) is 14.2 Å². The minimum Gasteiger partial charge on any atom is -0.493 e. The molecule has 28 heavy (non-hydrogen) atoms. The van der Waals surface area contributed by atoms with Gasteiger partial charge in [0.2, 0.25) is 11.4 Å². The lowest BCUT2D eigenvalue weighted by Crippen LogP contribution is -2.30. The van der Waals surface area contributed by atoms with E-state index in [1.54, 1.807) is 14.2 Å². The maximum Gasteiger partial charge on any atom is 0.227 e. The summed E-state index contributed by atoms with van der Waals surface area (Å²) >= 11 is 0. The summed E-state index contributed by atoms with van der Waals surface area (Å²) < 4.78 is 13.2. The molecule has 0 aliphatic carbocycles. The molecule has 0 unspecified atom stereocenters. The van der Waals surface area contributed by atoms with E-state index in [0.29, 0.717) is 0 Å². The molecule has 1 aliphatic rings. The molecule has 1 aromatic heterocycles. The van der Waals surface area contributed by atoms with Gasteiger partial charge in [0.1, 0.15) is 0 Å². The summed E-state index contributed by atoms with van der Waals surface area (Å²) in [6.07, 6.45) is 4.39. The van der Waals surface area contributed by atoms with E-state index in [9.17, 15) is 0 Å². The molecule has 136 valence electrons. The van der Waals surface area contributed by atoms with Gasteiger partial charge in [-0.15, -0.1) is 0 Å². The molecule has 0 atom stereocenters. The van der Waals surface area contributed by atoms with Gasteiger partial charge in [-0.2, -0.15) is 4.57 Å². The van der Waals surface area contributed by atoms with Crippen LogP contribution in [0.4, 0.5) is 0 Å². The number of hydrogen-bond donors (Lipinski definition) is 0. The lowest BCUT2D eigenvalue weighted by atomic mass is 9.98. The van der Waals surface area contributed by atoms with E-state index < -0.39 is 0 Å². The molecular weight excluding hydrogens is 346 g/mol. The minimum atomic E-state index is 0.730. The molecule has 0 fully saturated rings. The lowest BCUT2D eigenvalue weighted by molar-refractivity contribution is -0.592. The fourth-order valence-electron chi connectivity index (χ4n) is 3.99. The van der Waals surface area contributed by atoms with Crippen LogP contribution in [-0.2, 0) is 0 Å². The monoisotopic (exact) mass is 366 g/mol. The Bertz CT molecular complexity index is 1240. The third-order valence-corrected chi connectivity index (χ3v) is 5.29. The van der Waals surface area contributed by atoms with Crippen molar-refractivity contribution in [3.05, 3.63) is 95.8 Å². The van der Waals surface area contributed by atoms with Crippen LogP contribution in [0, 0.1) is 0 Å². The number of aromatic nitrogens is 1. The summed E-state index contributed by atoms with van der Waals surface area (Å²) in [5.74, 6) is 1.46. The van der Waals surface area contributed by atoms with Gasteiger partial charge in [0.25, 0.3) is 0 Å². The first-order valence-corrected chi connectivity index (χ1v) is 9.27. The fourth-order valence-corrected chi connectivity index (χ4v) is 3.99. The third kappa shape index (κ3) is 2.48. The highest BCUT2D eigenvalue weighted by atomic mass is 16.5. The van der Waals surface area contributed by atoms with Gasteiger partial charge >= 0.3 is 0 Å². The van der Waals surface area contributed by atoms with Crippen molar-refractivity contribution in [3.8, 4) is 17.2 Å². The van der Waals surface area contributed by atoms with Gasteiger partial charge in [-0.1, -0.05) is 36.4 Å². The molecule has 0 amide bonds. The van der Waals surface area contributed by atoms with Crippen molar-refractivity contribution >= 4 is 22.4 Å². The predicted molar refractivity (Wildman–Crippen MR) is 112 cm³/mol. The second kappa shape index (κ2) is 6.54. The number of hydrogen-bond acceptors (Lipinski definition) is 2. The molecule has 0 N–H and O–H groups in total. The molecule has 3 aromatic carbocycles. The van der Waals surface area contributed by atoms with E-state index in [4.69, 9.17) is 9.47 Å². The van der Waals surface area contributed by atoms with Gasteiger partial charge < -0.3 is 9.47 Å². The average molecular weight is 366 g/mol. The highest BCUT2D eigenvalue weighted by molar-refractivity contribution is 6.02. The van der Waals surface area contributed by atoms with Gasteiger partial charge in [0.15, 0.2) is 17.7 Å². The van der Waals surface area contributed by atoms with E-state index >= 15 is 0 Å². The SMILES string of the molecule is COc1ccc(/C=C2\c3ccccc3-[n+]3ccc4ccccc4c32)cc1OC. The number of fused-ring (bicyclic) bond motifs is 5. The zero-order valence-electron chi connectivity index (χ0n) is 15.8. The Morgan fingerprint density at radius 2 is 1.57 bits per heavy atom. The third-order valence-electron chi connectivity index (χ3n) is 5.29. The standard InChI is InChI=1S/C25H20NO2/c1-27-23-12-11-17(16-24(23)28-2)15-21-20-9-5-6-10-22(20)26-14-13-18-7-3-4-8-19(18)25(21)26/h3-16H,1-2H3/q+1/b21-15+. The van der Waals surface area contributed by atoms with Crippen LogP contribution >= 0.6 is 0 Å². The van der Waals surface area contributed by atoms with Crippen molar-refractivity contribution in [2.75, 3.05) is 14.2 Å². The second-order valence-electron chi connectivity index (χ2n) is 6.81. The first-order chi connectivity index (χ1) is 13.8. The van der Waals surface area contributed by atoms with Crippen molar-refractivity contribution in [1.82, 2.24) is 0 Å². The number of rotatable bonds is 3. The van der Waals surface area contributed by atoms with Crippen molar-refractivity contribution in [3.63, 3.8) is 0 Å². The quantitative estimate of drug-likeness (QED) is 0.418. The normalized spacial score (nSPS) is 13.4. The van der Waals surface area contributed by atoms with Crippen LogP contribution in [0.15, 0.2) is 79.0 Å². The van der Waals surface area contributed by atoms with Gasteiger partial charge in [0.05, 0.1) is 30.7 Å². The molecule has 2 heterocycles. The molecule has 0 radical (unpaired) electrons. The topological polar surface area (TPSA) is 22.3 Å². The van der Waals surface area contributed by atoms with Gasteiger partial charge in [-0.25, -0.2) is 0 Å². The Morgan fingerprint density at radius 3 is 2.43 bits per heavy atom. The highest BCUT2D eigenvalue weighted by Crippen LogP contribution is 2.37. The number of methoxy groups -OCH3 is 2. The molecule has 3 heteroatoms. The molecule has 5 rings (SSSR count). The van der Waals surface area contributed by atoms with E-state index in [-0.39, 0.29) is 0 Å². The molecule has 3 nitrogen and oxygen atoms in total. The minimum absolute atomic E-state index is 0.730. The average Bonchev–Trinajstić information content (AvgIpc) is 3.08. The molecular formula is C25H20NO2+. The van der Waals surface area contributed by atoms with Crippen LogP contribution in [0.3, 0.4) is 0 Å². The molecule has 0 spiro atoms. The van der Waals surface area contributed by atoms with Crippen LogP contribution < -0.4 is 14.0 Å². The highest BCUT2D eigenvalue weighted by Gasteiger charge is 2.33. The maximum absolute atomic E-state index is 5.49. The maximum atomic E-state index is 5.49. The molecule has 1 aliphatic heterocycles. The van der Waals surface area contributed by atoms with Gasteiger partial charge in [-0.05, 0) is 41.3 Å². The number of pyridine rings is 1. The Morgan fingerprint density at radius 1 is 0.786 bits per heavy atom. The molecule has 0 bridgehead atoms. The Kier molecular flexibility index (Phi) is 3.87. The van der Waals surface area contributed by atoms with E-state index in [0.717, 1.165) is 17.1 Å². The number of para-hydroxylation sites is 1. The first kappa shape index (κ1) is 16.6. The van der Waals surface area contributed by atoms with E-state index in [1.807, 2.05) is 12.1 Å². The van der Waals surface area contributed by atoms with Crippen LogP contribution in [0.2, 0.25) is 0 Å². The predicted octanol–water partition coefficient (Wildman–Crippen LogP) is 5.04. The number of ether oxygens (including phenoxy) is 2. The Hall–Kier alpha value is -3.59. The summed E-state index contributed by atoms with van der Waals surface area (Å²) in [7, 11) is 3.32. The summed E-state index contributed by atoms with van der Waals surface area (Å²) in [5, 5.41) is 2.48. The fraction of sp³-hybridized carbons (Fsp3) is 0.0800.